The highest BCUT2D eigenvalue weighted by molar-refractivity contribution is 6.33. The van der Waals surface area contributed by atoms with Crippen LogP contribution in [0.1, 0.15) is 21.6 Å². The van der Waals surface area contributed by atoms with Gasteiger partial charge < -0.3 is 16.2 Å². The molecule has 0 aliphatic carbocycles. The predicted octanol–water partition coefficient (Wildman–Crippen LogP) is 2.34. The molecule has 1 amide bonds. The quantitative estimate of drug-likeness (QED) is 0.710. The van der Waals surface area contributed by atoms with Crippen LogP contribution in [0.15, 0.2) is 12.1 Å². The number of carbonyl (C=O) groups excluding carboxylic acids is 1. The first kappa shape index (κ1) is 19.0. The summed E-state index contributed by atoms with van der Waals surface area (Å²) in [5.41, 5.74) is 5.34. The minimum Gasteiger partial charge on any atom is -0.390 e. The summed E-state index contributed by atoms with van der Waals surface area (Å²) in [4.78, 5) is 12.0. The Morgan fingerprint density at radius 1 is 1.44 bits per heavy atom. The van der Waals surface area contributed by atoms with Crippen LogP contribution in [0.4, 0.5) is 23.4 Å². The normalized spacial score (nSPS) is 11.6. The van der Waals surface area contributed by atoms with E-state index < -0.39 is 31.1 Å². The highest BCUT2D eigenvalue weighted by atomic mass is 35.5. The third-order valence-electron chi connectivity index (χ3n) is 3.29. The molecular weight excluding hydrogens is 368 g/mol. The van der Waals surface area contributed by atoms with Crippen LogP contribution < -0.4 is 11.1 Å². The molecule has 2 rings (SSSR count). The van der Waals surface area contributed by atoms with Crippen molar-refractivity contribution in [2.45, 2.75) is 19.7 Å². The summed E-state index contributed by atoms with van der Waals surface area (Å²) in [7, 11) is 0. The van der Waals surface area contributed by atoms with Crippen molar-refractivity contribution >= 4 is 23.3 Å². The summed E-state index contributed by atoms with van der Waals surface area (Å²) in [5.74, 6) is -2.04. The molecule has 0 fully saturated rings. The van der Waals surface area contributed by atoms with Gasteiger partial charge in [-0.05, 0) is 24.6 Å². The predicted molar refractivity (Wildman–Crippen MR) is 82.0 cm³/mol. The van der Waals surface area contributed by atoms with Crippen molar-refractivity contribution in [3.8, 4) is 5.69 Å². The zero-order valence-corrected chi connectivity index (χ0v) is 13.5. The summed E-state index contributed by atoms with van der Waals surface area (Å²) < 4.78 is 51.8. The average Bonchev–Trinajstić information content (AvgIpc) is 2.80. The Kier molecular flexibility index (Phi) is 5.23. The number of halogens is 5. The van der Waals surface area contributed by atoms with Crippen molar-refractivity contribution in [1.29, 1.82) is 0 Å². The van der Waals surface area contributed by atoms with Gasteiger partial charge in [0.1, 0.15) is 34.6 Å². The van der Waals surface area contributed by atoms with Gasteiger partial charge >= 0.3 is 6.18 Å². The van der Waals surface area contributed by atoms with Gasteiger partial charge in [-0.3, -0.25) is 4.79 Å². The van der Waals surface area contributed by atoms with Gasteiger partial charge in [0.05, 0.1) is 6.61 Å². The van der Waals surface area contributed by atoms with Crippen LogP contribution in [-0.4, -0.2) is 33.5 Å². The zero-order valence-electron chi connectivity index (χ0n) is 12.8. The number of aromatic nitrogens is 2. The molecule has 4 N–H and O–H groups in total. The van der Waals surface area contributed by atoms with Crippen LogP contribution in [0.2, 0.25) is 5.02 Å². The molecule has 0 atom stereocenters. The van der Waals surface area contributed by atoms with Crippen molar-refractivity contribution in [2.24, 2.45) is 0 Å². The van der Waals surface area contributed by atoms with Crippen molar-refractivity contribution in [1.82, 2.24) is 15.1 Å². The number of nitrogens with one attached hydrogen (secondary N) is 1. The number of aliphatic hydroxyl groups is 1. The number of aryl methyl sites for hydroxylation is 1. The molecule has 0 saturated carbocycles. The Balaban J connectivity index is 2.46. The lowest BCUT2D eigenvalue weighted by atomic mass is 10.1. The fourth-order valence-corrected chi connectivity index (χ4v) is 2.27. The lowest BCUT2D eigenvalue weighted by molar-refractivity contribution is -0.123. The fraction of sp³-hybridized carbons (Fsp3) is 0.286. The molecule has 0 aliphatic rings. The maximum absolute atomic E-state index is 14.2. The van der Waals surface area contributed by atoms with E-state index in [0.717, 1.165) is 16.8 Å². The number of alkyl halides is 3. The Morgan fingerprint density at radius 3 is 2.60 bits per heavy atom. The number of nitrogens with two attached hydrogens (primary N) is 1. The first-order valence-corrected chi connectivity index (χ1v) is 7.22. The maximum atomic E-state index is 14.2. The first-order chi connectivity index (χ1) is 11.5. The molecule has 0 unspecified atom stereocenters. The topological polar surface area (TPSA) is 93.2 Å². The Labute approximate surface area is 144 Å². The van der Waals surface area contributed by atoms with Crippen molar-refractivity contribution in [2.75, 3.05) is 12.3 Å². The smallest absolute Gasteiger partial charge is 0.390 e. The van der Waals surface area contributed by atoms with Crippen molar-refractivity contribution < 1.29 is 27.5 Å². The molecule has 1 aromatic heterocycles. The third kappa shape index (κ3) is 4.02. The van der Waals surface area contributed by atoms with Crippen LogP contribution in [0.5, 0.6) is 0 Å². The Morgan fingerprint density at radius 2 is 2.08 bits per heavy atom. The number of nitrogens with zero attached hydrogens (tertiary/aromatic N) is 2. The molecule has 6 nitrogen and oxygen atoms in total. The number of hydrogen-bond acceptors (Lipinski definition) is 4. The number of amides is 1. The highest BCUT2D eigenvalue weighted by Gasteiger charge is 2.28. The molecule has 1 aromatic carbocycles. The van der Waals surface area contributed by atoms with Gasteiger partial charge in [-0.25, -0.2) is 9.07 Å². The lowest BCUT2D eigenvalue weighted by Crippen LogP contribution is -2.34. The van der Waals surface area contributed by atoms with E-state index in [1.807, 2.05) is 0 Å². The van der Waals surface area contributed by atoms with E-state index >= 15 is 0 Å². The largest absolute Gasteiger partial charge is 0.405 e. The van der Waals surface area contributed by atoms with Crippen LogP contribution in [0, 0.1) is 12.7 Å². The van der Waals surface area contributed by atoms with Gasteiger partial charge in [-0.15, -0.1) is 0 Å². The van der Waals surface area contributed by atoms with Gasteiger partial charge in [-0.2, -0.15) is 18.3 Å². The highest BCUT2D eigenvalue weighted by Crippen LogP contribution is 2.28. The van der Waals surface area contributed by atoms with E-state index in [0.29, 0.717) is 0 Å². The molecule has 0 saturated heterocycles. The number of hydrogen-bond donors (Lipinski definition) is 3. The van der Waals surface area contributed by atoms with E-state index in [-0.39, 0.29) is 33.3 Å². The second kappa shape index (κ2) is 6.89. The molecule has 2 aromatic rings. The molecule has 11 heteroatoms. The van der Waals surface area contributed by atoms with E-state index in [1.165, 1.54) is 6.92 Å². The Bertz CT molecular complexity index is 820. The molecular formula is C14H13ClF4N4O2. The van der Waals surface area contributed by atoms with Crippen molar-refractivity contribution in [3.63, 3.8) is 0 Å². The minimum atomic E-state index is -4.58. The van der Waals surface area contributed by atoms with E-state index in [2.05, 4.69) is 5.10 Å². The average molecular weight is 381 g/mol. The number of benzene rings is 1. The number of anilines is 1. The van der Waals surface area contributed by atoms with Crippen LogP contribution in [0.3, 0.4) is 0 Å². The van der Waals surface area contributed by atoms with Crippen molar-refractivity contribution in [3.05, 3.63) is 39.8 Å². The second-order valence-electron chi connectivity index (χ2n) is 5.13. The molecule has 136 valence electrons. The van der Waals surface area contributed by atoms with E-state index in [4.69, 9.17) is 22.4 Å². The van der Waals surface area contributed by atoms with Crippen LogP contribution in [0.25, 0.3) is 5.69 Å². The number of nitrogen functional groups attached to an aromatic ring is 1. The molecule has 0 aliphatic heterocycles. The van der Waals surface area contributed by atoms with Gasteiger partial charge in [0, 0.05) is 5.56 Å². The standard InChI is InChI=1S/C14H13ClF4N4O2/c1-6-2-8(16)10(23-12(20)11(15)9(4-24)22-23)3-7(6)13(25)21-5-14(17,18)19/h2-3,24H,4-5,20H2,1H3,(H,21,25). The van der Waals surface area contributed by atoms with Gasteiger partial charge in [-0.1, -0.05) is 11.6 Å². The molecule has 25 heavy (non-hydrogen) atoms. The number of carbonyl (C=O) groups is 1. The summed E-state index contributed by atoms with van der Waals surface area (Å²) in [5, 5.41) is 14.6. The van der Waals surface area contributed by atoms with E-state index in [1.54, 1.807) is 5.32 Å². The van der Waals surface area contributed by atoms with Gasteiger partial charge in [0.15, 0.2) is 0 Å². The zero-order chi connectivity index (χ0) is 18.9. The van der Waals surface area contributed by atoms with Crippen LogP contribution >= 0.6 is 11.6 Å². The molecule has 0 spiro atoms. The summed E-state index contributed by atoms with van der Waals surface area (Å²) >= 11 is 5.85. The monoisotopic (exact) mass is 380 g/mol. The second-order valence-corrected chi connectivity index (χ2v) is 5.51. The SMILES string of the molecule is Cc1cc(F)c(-n2nc(CO)c(Cl)c2N)cc1C(=O)NCC(F)(F)F. The Hall–Kier alpha value is -2.33. The van der Waals surface area contributed by atoms with Crippen LogP contribution in [-0.2, 0) is 6.61 Å². The minimum absolute atomic E-state index is 0.0118. The summed E-state index contributed by atoms with van der Waals surface area (Å²) in [6.07, 6.45) is -4.58. The number of aliphatic hydroxyl groups excluding tert-OH is 1. The fourth-order valence-electron chi connectivity index (χ4n) is 2.09. The number of rotatable bonds is 4. The lowest BCUT2D eigenvalue weighted by Gasteiger charge is -2.13. The molecule has 0 radical (unpaired) electrons. The third-order valence-corrected chi connectivity index (χ3v) is 3.70. The molecule has 1 heterocycles. The molecule has 0 bridgehead atoms. The maximum Gasteiger partial charge on any atom is 0.405 e. The van der Waals surface area contributed by atoms with Gasteiger partial charge in [0.25, 0.3) is 5.91 Å². The van der Waals surface area contributed by atoms with E-state index in [9.17, 15) is 22.4 Å². The summed E-state index contributed by atoms with van der Waals surface area (Å²) in [6, 6.07) is 1.97. The first-order valence-electron chi connectivity index (χ1n) is 6.84. The van der Waals surface area contributed by atoms with Gasteiger partial charge in [0.2, 0.25) is 0 Å². The summed E-state index contributed by atoms with van der Waals surface area (Å²) in [6.45, 7) is -0.710.